The third kappa shape index (κ3) is 5.22. The van der Waals surface area contributed by atoms with E-state index in [1.165, 1.54) is 0 Å². The summed E-state index contributed by atoms with van der Waals surface area (Å²) in [4.78, 5) is 25.8. The van der Waals surface area contributed by atoms with Crippen LogP contribution in [0.15, 0.2) is 41.3 Å². The van der Waals surface area contributed by atoms with Crippen molar-refractivity contribution in [1.29, 1.82) is 5.26 Å². The second kappa shape index (κ2) is 10.4. The zero-order valence-corrected chi connectivity index (χ0v) is 19.5. The summed E-state index contributed by atoms with van der Waals surface area (Å²) in [5.41, 5.74) is 2.02. The molecule has 156 valence electrons. The number of halogens is 1. The van der Waals surface area contributed by atoms with Crippen LogP contribution in [0.4, 0.5) is 4.79 Å². The van der Waals surface area contributed by atoms with Crippen LogP contribution >= 0.6 is 34.4 Å². The molecule has 6 nitrogen and oxygen atoms in total. The average Bonchev–Trinajstić information content (AvgIpc) is 3.01. The molecule has 0 N–H and O–H groups in total. The molecule has 1 fully saturated rings. The Hall–Kier alpha value is -2.95. The first-order valence-corrected chi connectivity index (χ1v) is 11.1. The number of thioether (sulfide) groups is 1. The molecule has 1 aliphatic heterocycles. The lowest BCUT2D eigenvalue weighted by molar-refractivity contribution is -0.122. The van der Waals surface area contributed by atoms with Crippen molar-refractivity contribution in [3.63, 3.8) is 0 Å². The van der Waals surface area contributed by atoms with E-state index in [-0.39, 0.29) is 18.4 Å². The summed E-state index contributed by atoms with van der Waals surface area (Å²) >= 11 is 2.99. The minimum absolute atomic E-state index is 0.0549. The van der Waals surface area contributed by atoms with E-state index >= 15 is 0 Å². The molecule has 0 aromatic heterocycles. The van der Waals surface area contributed by atoms with Gasteiger partial charge in [0.2, 0.25) is 0 Å². The summed E-state index contributed by atoms with van der Waals surface area (Å²) in [5, 5.41) is 8.88. The largest absolute Gasteiger partial charge is 0.490 e. The highest BCUT2D eigenvalue weighted by Crippen LogP contribution is 2.38. The van der Waals surface area contributed by atoms with Crippen molar-refractivity contribution in [2.24, 2.45) is 0 Å². The summed E-state index contributed by atoms with van der Waals surface area (Å²) in [5.74, 6) is 2.97. The van der Waals surface area contributed by atoms with Gasteiger partial charge in [0.15, 0.2) is 11.5 Å². The summed E-state index contributed by atoms with van der Waals surface area (Å²) in [6.45, 7) is 2.44. The Bertz CT molecular complexity index is 1150. The molecule has 1 aliphatic rings. The number of nitriles is 1. The fourth-order valence-electron chi connectivity index (χ4n) is 2.86. The number of amides is 2. The van der Waals surface area contributed by atoms with Crippen LogP contribution < -0.4 is 9.47 Å². The topological polar surface area (TPSA) is 79.6 Å². The van der Waals surface area contributed by atoms with E-state index in [2.05, 4.69) is 34.6 Å². The fourth-order valence-corrected chi connectivity index (χ4v) is 4.48. The molecule has 1 saturated heterocycles. The molecular weight excluding hydrogens is 527 g/mol. The van der Waals surface area contributed by atoms with Crippen LogP contribution in [0.25, 0.3) is 6.08 Å². The zero-order valence-electron chi connectivity index (χ0n) is 16.6. The van der Waals surface area contributed by atoms with Crippen molar-refractivity contribution in [2.75, 3.05) is 13.2 Å². The Morgan fingerprint density at radius 3 is 2.74 bits per heavy atom. The maximum atomic E-state index is 12.4. The fraction of sp³-hybridized carbons (Fsp3) is 0.174. The molecule has 31 heavy (non-hydrogen) atoms. The van der Waals surface area contributed by atoms with Crippen LogP contribution in [-0.4, -0.2) is 29.2 Å². The van der Waals surface area contributed by atoms with Crippen LogP contribution in [0.1, 0.15) is 23.6 Å². The number of imide groups is 1. The van der Waals surface area contributed by atoms with Gasteiger partial charge >= 0.3 is 0 Å². The van der Waals surface area contributed by atoms with Crippen LogP contribution in [-0.2, 0) is 11.4 Å². The van der Waals surface area contributed by atoms with Gasteiger partial charge in [-0.25, -0.2) is 0 Å². The van der Waals surface area contributed by atoms with Gasteiger partial charge in [0.1, 0.15) is 6.61 Å². The van der Waals surface area contributed by atoms with E-state index in [1.807, 2.05) is 25.1 Å². The molecule has 2 aromatic rings. The molecular formula is C23H17IN2O4S. The van der Waals surface area contributed by atoms with Crippen molar-refractivity contribution < 1.29 is 19.1 Å². The van der Waals surface area contributed by atoms with Crippen molar-refractivity contribution >= 4 is 51.6 Å². The van der Waals surface area contributed by atoms with E-state index in [4.69, 9.17) is 15.9 Å². The first-order chi connectivity index (χ1) is 15.0. The zero-order chi connectivity index (χ0) is 22.4. The predicted molar refractivity (Wildman–Crippen MR) is 127 cm³/mol. The third-order valence-electron chi connectivity index (χ3n) is 4.26. The standard InChI is InChI=1S/C23H17IN2O4S/c1-3-9-26-22(27)20(31-23(26)28)12-15-10-18(24)21(19(11-15)29-4-2)30-14-17-8-6-5-7-16(17)13-25/h1,5-8,10-12H,4,9,14H2,2H3/b20-12-. The molecule has 0 saturated carbocycles. The Labute approximate surface area is 198 Å². The summed E-state index contributed by atoms with van der Waals surface area (Å²) in [7, 11) is 0. The van der Waals surface area contributed by atoms with Gasteiger partial charge in [-0.15, -0.1) is 6.42 Å². The number of carbonyl (C=O) groups excluding carboxylic acids is 2. The molecule has 3 rings (SSSR count). The number of benzene rings is 2. The van der Waals surface area contributed by atoms with E-state index in [0.717, 1.165) is 25.8 Å². The third-order valence-corrected chi connectivity index (χ3v) is 5.97. The monoisotopic (exact) mass is 544 g/mol. The van der Waals surface area contributed by atoms with E-state index in [0.29, 0.717) is 34.1 Å². The molecule has 1 heterocycles. The van der Waals surface area contributed by atoms with Crippen molar-refractivity contribution in [2.45, 2.75) is 13.5 Å². The maximum Gasteiger partial charge on any atom is 0.294 e. The lowest BCUT2D eigenvalue weighted by Crippen LogP contribution is -2.28. The van der Waals surface area contributed by atoms with Gasteiger partial charge in [0, 0.05) is 5.56 Å². The van der Waals surface area contributed by atoms with Gasteiger partial charge in [-0.1, -0.05) is 24.1 Å². The van der Waals surface area contributed by atoms with Crippen molar-refractivity contribution in [1.82, 2.24) is 4.90 Å². The highest BCUT2D eigenvalue weighted by atomic mass is 127. The van der Waals surface area contributed by atoms with Crippen LogP contribution in [0.3, 0.4) is 0 Å². The molecule has 0 atom stereocenters. The van der Waals surface area contributed by atoms with Crippen LogP contribution in [0, 0.1) is 27.2 Å². The van der Waals surface area contributed by atoms with E-state index in [9.17, 15) is 14.9 Å². The molecule has 0 unspecified atom stereocenters. The minimum Gasteiger partial charge on any atom is -0.490 e. The highest BCUT2D eigenvalue weighted by Gasteiger charge is 2.34. The second-order valence-corrected chi connectivity index (χ2v) is 8.45. The van der Waals surface area contributed by atoms with Crippen LogP contribution in [0.5, 0.6) is 11.5 Å². The van der Waals surface area contributed by atoms with Crippen molar-refractivity contribution in [3.05, 3.63) is 61.6 Å². The van der Waals surface area contributed by atoms with Crippen molar-refractivity contribution in [3.8, 4) is 29.9 Å². The van der Waals surface area contributed by atoms with Crippen LogP contribution in [0.2, 0.25) is 0 Å². The number of terminal acetylenes is 1. The lowest BCUT2D eigenvalue weighted by Gasteiger charge is -2.15. The van der Waals surface area contributed by atoms with Gasteiger partial charge in [-0.2, -0.15) is 5.26 Å². The lowest BCUT2D eigenvalue weighted by atomic mass is 10.1. The molecule has 0 aliphatic carbocycles. The number of rotatable bonds is 7. The van der Waals surface area contributed by atoms with E-state index in [1.54, 1.807) is 24.3 Å². The predicted octanol–water partition coefficient (Wildman–Crippen LogP) is 4.81. The molecule has 0 bridgehead atoms. The molecule has 0 radical (unpaired) electrons. The van der Waals surface area contributed by atoms with Gasteiger partial charge in [0.25, 0.3) is 11.1 Å². The number of ether oxygens (including phenoxy) is 2. The molecule has 0 spiro atoms. The molecule has 2 amide bonds. The SMILES string of the molecule is C#CCN1C(=O)S/C(=C\c2cc(I)c(OCc3ccccc3C#N)c(OCC)c2)C1=O. The highest BCUT2D eigenvalue weighted by molar-refractivity contribution is 14.1. The number of carbonyl (C=O) groups is 2. The number of hydrogen-bond donors (Lipinski definition) is 0. The quantitative estimate of drug-likeness (QED) is 0.283. The van der Waals surface area contributed by atoms with Gasteiger partial charge in [-0.3, -0.25) is 14.5 Å². The smallest absolute Gasteiger partial charge is 0.294 e. The molecule has 8 heteroatoms. The first-order valence-electron chi connectivity index (χ1n) is 9.24. The summed E-state index contributed by atoms with van der Waals surface area (Å²) < 4.78 is 12.5. The minimum atomic E-state index is -0.408. The number of hydrogen-bond acceptors (Lipinski definition) is 6. The van der Waals surface area contributed by atoms with E-state index < -0.39 is 5.91 Å². The Kier molecular flexibility index (Phi) is 7.61. The Balaban J connectivity index is 1.89. The van der Waals surface area contributed by atoms with Gasteiger partial charge < -0.3 is 9.47 Å². The summed E-state index contributed by atoms with van der Waals surface area (Å²) in [6.07, 6.45) is 6.87. The number of nitrogens with zero attached hydrogens (tertiary/aromatic N) is 2. The molecule has 2 aromatic carbocycles. The normalized spacial score (nSPS) is 14.5. The van der Waals surface area contributed by atoms with Gasteiger partial charge in [-0.05, 0) is 71.1 Å². The maximum absolute atomic E-state index is 12.4. The Morgan fingerprint density at radius 1 is 1.26 bits per heavy atom. The average molecular weight is 544 g/mol. The Morgan fingerprint density at radius 2 is 2.03 bits per heavy atom. The van der Waals surface area contributed by atoms with Gasteiger partial charge in [0.05, 0.1) is 33.3 Å². The summed E-state index contributed by atoms with van der Waals surface area (Å²) in [6, 6.07) is 13.0. The second-order valence-electron chi connectivity index (χ2n) is 6.29. The first kappa shape index (κ1) is 22.7.